The monoisotopic (exact) mass is 628 g/mol. The molecule has 3 heterocycles. The number of hydrogen-bond acceptors (Lipinski definition) is 8. The molecule has 11 heteroatoms. The summed E-state index contributed by atoms with van der Waals surface area (Å²) >= 11 is 1.37. The minimum absolute atomic E-state index is 0.0721. The van der Waals surface area contributed by atoms with Crippen LogP contribution in [0.25, 0.3) is 0 Å². The summed E-state index contributed by atoms with van der Waals surface area (Å²) in [5.74, 6) is -0.0624. The molecular weight excluding hydrogens is 577 g/mol. The van der Waals surface area contributed by atoms with E-state index in [1.807, 2.05) is 11.4 Å². The van der Waals surface area contributed by atoms with Crippen LogP contribution in [0.15, 0.2) is 17.5 Å². The smallest absolute Gasteiger partial charge is 0.184 e. The zero-order valence-electron chi connectivity index (χ0n) is 26.4. The quantitative estimate of drug-likeness (QED) is 0.0918. The van der Waals surface area contributed by atoms with Crippen molar-refractivity contribution in [3.63, 3.8) is 0 Å². The van der Waals surface area contributed by atoms with E-state index in [9.17, 15) is 9.59 Å². The molecule has 7 nitrogen and oxygen atoms in total. The predicted octanol–water partition coefficient (Wildman–Crippen LogP) is 6.77. The molecule has 0 radical (unpaired) electrons. The van der Waals surface area contributed by atoms with Crippen LogP contribution in [0.4, 0.5) is 0 Å². The molecule has 2 aliphatic rings. The number of thiophene rings is 1. The number of carbonyl (C=O) groups excluding carboxylic acids is 2. The number of ketones is 2. The van der Waals surface area contributed by atoms with Crippen LogP contribution in [0.1, 0.15) is 42.8 Å². The number of ether oxygens (including phenoxy) is 2. The molecule has 2 aliphatic heterocycles. The van der Waals surface area contributed by atoms with Gasteiger partial charge in [0.2, 0.25) is 0 Å². The molecule has 0 unspecified atom stereocenters. The molecule has 0 amide bonds. The van der Waals surface area contributed by atoms with E-state index in [0.717, 1.165) is 6.42 Å². The highest BCUT2D eigenvalue weighted by molar-refractivity contribution is 7.12. The number of Topliss-reactive ketones (excluding diaryl/α,β-unsaturated/α-hetero) is 2. The van der Waals surface area contributed by atoms with Gasteiger partial charge in [0.1, 0.15) is 5.78 Å². The van der Waals surface area contributed by atoms with Crippen molar-refractivity contribution in [2.24, 2.45) is 11.8 Å². The summed E-state index contributed by atoms with van der Waals surface area (Å²) in [5, 5.41) is 1.86. The molecule has 0 saturated carbocycles. The van der Waals surface area contributed by atoms with Crippen LogP contribution >= 0.6 is 11.3 Å². The maximum absolute atomic E-state index is 13.1. The average Bonchev–Trinajstić information content (AvgIpc) is 3.31. The molecule has 1 aromatic rings. The van der Waals surface area contributed by atoms with Gasteiger partial charge in [-0.05, 0) is 77.3 Å². The molecule has 8 atom stereocenters. The van der Waals surface area contributed by atoms with E-state index in [0.29, 0.717) is 11.5 Å². The molecule has 1 aromatic heterocycles. The van der Waals surface area contributed by atoms with Crippen molar-refractivity contribution in [2.45, 2.75) is 129 Å². The predicted molar refractivity (Wildman–Crippen MR) is 169 cm³/mol. The minimum Gasteiger partial charge on any atom is -0.415 e. The lowest BCUT2D eigenvalue weighted by molar-refractivity contribution is -0.158. The highest BCUT2D eigenvalue weighted by atomic mass is 32.1. The SMILES string of the molecule is C[C@@H]([C@@H]1O[C@H]1C[C@@H]1OC[C@H](CC(=O)CC(=O)c2cccs2)[C@@H](O[Si](C)(C)C)[C@@H]1O[Si](C)(C)C)[C@H](C)O[Si](C)(C)C. The molecule has 0 bridgehead atoms. The largest absolute Gasteiger partial charge is 0.415 e. The van der Waals surface area contributed by atoms with Crippen LogP contribution in [-0.4, -0.2) is 79.7 Å². The van der Waals surface area contributed by atoms with Gasteiger partial charge in [0.25, 0.3) is 0 Å². The van der Waals surface area contributed by atoms with Gasteiger partial charge in [0.05, 0.1) is 48.4 Å². The Morgan fingerprint density at radius 1 is 0.950 bits per heavy atom. The molecular formula is C29H52O7SSi3. The second-order valence-electron chi connectivity index (χ2n) is 14.5. The topological polar surface area (TPSA) is 83.6 Å². The van der Waals surface area contributed by atoms with Gasteiger partial charge < -0.3 is 22.8 Å². The second-order valence-corrected chi connectivity index (χ2v) is 28.8. The Bertz CT molecular complexity index is 983. The van der Waals surface area contributed by atoms with Crippen LogP contribution in [0.2, 0.25) is 58.9 Å². The Balaban J connectivity index is 1.73. The van der Waals surface area contributed by atoms with Gasteiger partial charge in [0, 0.05) is 30.8 Å². The first-order valence-corrected chi connectivity index (χ1v) is 25.8. The summed E-state index contributed by atoms with van der Waals surface area (Å²) < 4.78 is 32.6. The molecule has 2 fully saturated rings. The van der Waals surface area contributed by atoms with E-state index in [1.165, 1.54) is 11.3 Å². The van der Waals surface area contributed by atoms with E-state index >= 15 is 0 Å². The molecule has 228 valence electrons. The van der Waals surface area contributed by atoms with E-state index in [-0.39, 0.29) is 72.9 Å². The molecule has 3 rings (SSSR count). The van der Waals surface area contributed by atoms with Crippen LogP contribution in [0.5, 0.6) is 0 Å². The first-order valence-electron chi connectivity index (χ1n) is 14.7. The van der Waals surface area contributed by atoms with Crippen molar-refractivity contribution >= 4 is 47.9 Å². The number of carbonyl (C=O) groups is 2. The minimum atomic E-state index is -1.99. The van der Waals surface area contributed by atoms with Crippen molar-refractivity contribution in [3.8, 4) is 0 Å². The third kappa shape index (κ3) is 10.6. The van der Waals surface area contributed by atoms with Crippen molar-refractivity contribution in [1.29, 1.82) is 0 Å². The maximum atomic E-state index is 13.1. The first-order chi connectivity index (χ1) is 18.3. The van der Waals surface area contributed by atoms with Gasteiger partial charge in [-0.2, -0.15) is 0 Å². The van der Waals surface area contributed by atoms with Crippen LogP contribution in [0, 0.1) is 11.8 Å². The van der Waals surface area contributed by atoms with Gasteiger partial charge in [-0.15, -0.1) is 11.3 Å². The lowest BCUT2D eigenvalue weighted by atomic mass is 9.86. The Labute approximate surface area is 249 Å². The summed E-state index contributed by atoms with van der Waals surface area (Å²) in [5.41, 5.74) is 0. The average molecular weight is 629 g/mol. The summed E-state index contributed by atoms with van der Waals surface area (Å²) in [6, 6.07) is 3.61. The lowest BCUT2D eigenvalue weighted by Crippen LogP contribution is -2.58. The standard InChI is InChI=1S/C29H52O7SSi3/c1-19(20(2)34-38(3,4)5)27-25(33-27)17-24-29(36-40(9,10)11)28(35-39(6,7)8)21(18-32-24)15-22(30)16-23(31)26-13-12-14-37-26/h12-14,19-21,24-25,27-29H,15-18H2,1-11H3/t19-,20+,21+,24+,25+,27+,28-,29-/m1/s1. The number of epoxide rings is 1. The fourth-order valence-electron chi connectivity index (χ4n) is 5.45. The maximum Gasteiger partial charge on any atom is 0.184 e. The van der Waals surface area contributed by atoms with Gasteiger partial charge in [-0.3, -0.25) is 9.59 Å². The van der Waals surface area contributed by atoms with Gasteiger partial charge in [-0.1, -0.05) is 13.0 Å². The van der Waals surface area contributed by atoms with Gasteiger partial charge in [-0.25, -0.2) is 0 Å². The molecule has 0 aliphatic carbocycles. The molecule has 0 aromatic carbocycles. The molecule has 0 spiro atoms. The van der Waals surface area contributed by atoms with Gasteiger partial charge in [0.15, 0.2) is 30.7 Å². The molecule has 40 heavy (non-hydrogen) atoms. The number of rotatable bonds is 15. The summed E-state index contributed by atoms with van der Waals surface area (Å²) in [7, 11) is -5.62. The number of hydrogen-bond donors (Lipinski definition) is 0. The van der Waals surface area contributed by atoms with Crippen molar-refractivity contribution < 1.29 is 32.3 Å². The highest BCUT2D eigenvalue weighted by Gasteiger charge is 2.51. The van der Waals surface area contributed by atoms with Crippen molar-refractivity contribution in [2.75, 3.05) is 6.61 Å². The second kappa shape index (κ2) is 13.4. The van der Waals surface area contributed by atoms with Crippen molar-refractivity contribution in [3.05, 3.63) is 22.4 Å². The third-order valence-electron chi connectivity index (χ3n) is 7.19. The lowest BCUT2D eigenvalue weighted by Gasteiger charge is -2.47. The fourth-order valence-corrected chi connectivity index (χ4v) is 9.69. The Morgan fingerprint density at radius 3 is 2.12 bits per heavy atom. The van der Waals surface area contributed by atoms with Crippen LogP contribution in [-0.2, 0) is 27.5 Å². The Kier molecular flexibility index (Phi) is 11.4. The van der Waals surface area contributed by atoms with Crippen LogP contribution in [0.3, 0.4) is 0 Å². The highest BCUT2D eigenvalue weighted by Crippen LogP contribution is 2.40. The zero-order chi connectivity index (χ0) is 30.0. The van der Waals surface area contributed by atoms with Crippen LogP contribution < -0.4 is 0 Å². The zero-order valence-corrected chi connectivity index (χ0v) is 30.3. The molecule has 0 N–H and O–H groups in total. The third-order valence-corrected chi connectivity index (χ3v) is 11.1. The van der Waals surface area contributed by atoms with Crippen molar-refractivity contribution in [1.82, 2.24) is 0 Å². The van der Waals surface area contributed by atoms with Gasteiger partial charge >= 0.3 is 0 Å². The fraction of sp³-hybridized carbons (Fsp3) is 0.793. The normalized spacial score (nSPS) is 29.2. The Morgan fingerprint density at radius 2 is 1.57 bits per heavy atom. The van der Waals surface area contributed by atoms with E-state index in [1.54, 1.807) is 6.07 Å². The summed E-state index contributed by atoms with van der Waals surface area (Å²) in [6.45, 7) is 24.5. The first kappa shape index (κ1) is 34.0. The molecule has 2 saturated heterocycles. The van der Waals surface area contributed by atoms with E-state index < -0.39 is 25.0 Å². The summed E-state index contributed by atoms with van der Waals surface area (Å²) in [6.07, 6.45) is 0.530. The van der Waals surface area contributed by atoms with E-state index in [2.05, 4.69) is 72.8 Å². The summed E-state index contributed by atoms with van der Waals surface area (Å²) in [4.78, 5) is 26.3. The van der Waals surface area contributed by atoms with E-state index in [4.69, 9.17) is 22.8 Å². The Hall–Kier alpha value is -0.509.